The van der Waals surface area contributed by atoms with Crippen molar-refractivity contribution < 1.29 is 22.3 Å². The summed E-state index contributed by atoms with van der Waals surface area (Å²) >= 11 is 0. The summed E-state index contributed by atoms with van der Waals surface area (Å²) in [5.74, 6) is 0.328. The number of nitro groups is 1. The third-order valence-corrected chi connectivity index (χ3v) is 6.52. The molecule has 0 bridgehead atoms. The first-order valence-corrected chi connectivity index (χ1v) is 11.0. The molecule has 0 amide bonds. The Morgan fingerprint density at radius 1 is 1.25 bits per heavy atom. The van der Waals surface area contributed by atoms with E-state index in [4.69, 9.17) is 20.1 Å². The summed E-state index contributed by atoms with van der Waals surface area (Å²) in [5.41, 5.74) is 6.55. The third-order valence-electron chi connectivity index (χ3n) is 5.24. The van der Waals surface area contributed by atoms with E-state index in [2.05, 4.69) is 0 Å². The number of hydrogen-bond acceptors (Lipinski definition) is 7. The number of benzene rings is 2. The third kappa shape index (κ3) is 5.22. The van der Waals surface area contributed by atoms with Crippen LogP contribution in [0.4, 0.5) is 5.69 Å². The number of aryl methyl sites for hydroxylation is 1. The molecule has 1 fully saturated rings. The van der Waals surface area contributed by atoms with Gasteiger partial charge < -0.3 is 19.6 Å². The van der Waals surface area contributed by atoms with E-state index in [1.165, 1.54) is 25.3 Å². The number of likely N-dealkylation sites (tertiary alicyclic amines) is 1. The number of ether oxygens (including phenoxy) is 1. The highest BCUT2D eigenvalue weighted by Gasteiger charge is 2.31. The highest BCUT2D eigenvalue weighted by Crippen LogP contribution is 2.42. The molecule has 0 radical (unpaired) electrons. The molecule has 2 aromatic carbocycles. The van der Waals surface area contributed by atoms with Gasteiger partial charge in [-0.15, -0.1) is 12.4 Å². The Morgan fingerprint density at radius 3 is 2.44 bits per heavy atom. The average molecular weight is 485 g/mol. The number of para-hydroxylation sites is 1. The number of rotatable bonds is 6. The van der Waals surface area contributed by atoms with Gasteiger partial charge >= 0.3 is 10.1 Å². The lowest BCUT2D eigenvalue weighted by Crippen LogP contribution is -2.41. The average Bonchev–Trinajstić information content (AvgIpc) is 2.73. The normalized spacial score (nSPS) is 14.4. The van der Waals surface area contributed by atoms with Crippen LogP contribution in [0.1, 0.15) is 29.9 Å². The van der Waals surface area contributed by atoms with E-state index in [-0.39, 0.29) is 35.8 Å². The van der Waals surface area contributed by atoms with Crippen molar-refractivity contribution in [3.8, 4) is 11.5 Å². The molecule has 0 spiro atoms. The smallest absolute Gasteiger partial charge is 0.346 e. The Morgan fingerprint density at radius 2 is 1.88 bits per heavy atom. The summed E-state index contributed by atoms with van der Waals surface area (Å²) in [4.78, 5) is 11.7. The zero-order valence-electron chi connectivity index (χ0n) is 17.6. The summed E-state index contributed by atoms with van der Waals surface area (Å²) < 4.78 is 36.6. The Bertz CT molecular complexity index is 1120. The molecule has 0 saturated carbocycles. The first-order valence-electron chi connectivity index (χ1n) is 9.59. The van der Waals surface area contributed by atoms with Gasteiger partial charge in [0.1, 0.15) is 0 Å². The lowest BCUT2D eigenvalue weighted by Gasteiger charge is -2.33. The summed E-state index contributed by atoms with van der Waals surface area (Å²) in [6, 6.07) is 8.46. The fraction of sp³-hybridized carbons (Fsp3) is 0.350. The Hall–Kier alpha value is -3.05. The number of methoxy groups -OCH3 is 1. The topological polar surface area (TPSA) is 149 Å². The molecule has 0 aliphatic carbocycles. The molecule has 2 aromatic rings. The van der Waals surface area contributed by atoms with Gasteiger partial charge in [-0.1, -0.05) is 18.2 Å². The Balaban J connectivity index is 0.00000363. The molecule has 1 heterocycles. The van der Waals surface area contributed by atoms with Crippen molar-refractivity contribution in [2.45, 2.75) is 30.6 Å². The summed E-state index contributed by atoms with van der Waals surface area (Å²) in [6.45, 7) is 3.00. The number of guanidine groups is 1. The van der Waals surface area contributed by atoms with Crippen LogP contribution in [-0.2, 0) is 10.1 Å². The van der Waals surface area contributed by atoms with Crippen LogP contribution in [0.2, 0.25) is 0 Å². The molecule has 1 aliphatic rings. The van der Waals surface area contributed by atoms with Crippen molar-refractivity contribution in [2.24, 2.45) is 5.73 Å². The monoisotopic (exact) mass is 484 g/mol. The fourth-order valence-electron chi connectivity index (χ4n) is 3.76. The summed E-state index contributed by atoms with van der Waals surface area (Å²) in [7, 11) is -3.06. The number of hydrogen-bond donors (Lipinski definition) is 2. The number of piperidine rings is 1. The van der Waals surface area contributed by atoms with Crippen molar-refractivity contribution in [3.05, 3.63) is 57.6 Å². The minimum absolute atomic E-state index is 0. The van der Waals surface area contributed by atoms with E-state index in [0.29, 0.717) is 25.9 Å². The molecule has 1 saturated heterocycles. The number of halogens is 1. The van der Waals surface area contributed by atoms with Gasteiger partial charge in [0.2, 0.25) is 0 Å². The molecule has 12 heteroatoms. The molecule has 1 aliphatic heterocycles. The first-order chi connectivity index (χ1) is 14.6. The molecule has 0 atom stereocenters. The number of nitrogens with two attached hydrogens (primary N) is 1. The van der Waals surface area contributed by atoms with Gasteiger partial charge in [-0.05, 0) is 43.4 Å². The molecule has 3 N–H and O–H groups in total. The molecule has 174 valence electrons. The SMILES string of the molecule is COc1c(OS(=O)(=O)c2ccccc2[N+](=O)[O-])cc(C)cc1C1CCN(C(=N)N)CC1.Cl. The number of nitrogens with one attached hydrogen (secondary N) is 1. The van der Waals surface area contributed by atoms with Crippen LogP contribution >= 0.6 is 12.4 Å². The van der Waals surface area contributed by atoms with Crippen LogP contribution in [0.3, 0.4) is 0 Å². The summed E-state index contributed by atoms with van der Waals surface area (Å²) in [6.07, 6.45) is 1.41. The molecule has 0 unspecified atom stereocenters. The first kappa shape index (κ1) is 25.2. The molecule has 0 aromatic heterocycles. The van der Waals surface area contributed by atoms with Crippen molar-refractivity contribution in [2.75, 3.05) is 20.2 Å². The van der Waals surface area contributed by atoms with Gasteiger partial charge in [-0.25, -0.2) is 0 Å². The second kappa shape index (κ2) is 10.0. The predicted molar refractivity (Wildman–Crippen MR) is 121 cm³/mol. The molecule has 10 nitrogen and oxygen atoms in total. The van der Waals surface area contributed by atoms with Crippen molar-refractivity contribution in [3.63, 3.8) is 0 Å². The molecule has 32 heavy (non-hydrogen) atoms. The van der Waals surface area contributed by atoms with Crippen LogP contribution in [0.25, 0.3) is 0 Å². The number of nitro benzene ring substituents is 1. The standard InChI is InChI=1S/C20H24N4O6S.ClH/c1-13-11-15(14-7-9-23(10-8-14)20(21)22)19(29-2)17(12-13)30-31(27,28)18-6-4-3-5-16(18)24(25)26;/h3-6,11-12,14H,7-10H2,1-2H3,(H3,21,22);1H. The van der Waals surface area contributed by atoms with Crippen molar-refractivity contribution >= 4 is 34.2 Å². The van der Waals surface area contributed by atoms with E-state index in [9.17, 15) is 18.5 Å². The van der Waals surface area contributed by atoms with Crippen LogP contribution in [0.15, 0.2) is 41.3 Å². The van der Waals surface area contributed by atoms with E-state index in [1.54, 1.807) is 11.8 Å². The second-order valence-corrected chi connectivity index (χ2v) is 8.81. The maximum atomic E-state index is 12.9. The maximum Gasteiger partial charge on any atom is 0.346 e. The lowest BCUT2D eigenvalue weighted by molar-refractivity contribution is -0.387. The zero-order valence-corrected chi connectivity index (χ0v) is 19.2. The van der Waals surface area contributed by atoms with Gasteiger partial charge in [0.15, 0.2) is 22.4 Å². The minimum Gasteiger partial charge on any atom is -0.492 e. The van der Waals surface area contributed by atoms with Gasteiger partial charge in [0.05, 0.1) is 12.0 Å². The summed E-state index contributed by atoms with van der Waals surface area (Å²) in [5, 5.41) is 18.8. The van der Waals surface area contributed by atoms with Crippen molar-refractivity contribution in [1.82, 2.24) is 4.90 Å². The van der Waals surface area contributed by atoms with Crippen LogP contribution < -0.4 is 14.7 Å². The quantitative estimate of drug-likeness (QED) is 0.209. The van der Waals surface area contributed by atoms with Gasteiger partial charge in [-0.3, -0.25) is 15.5 Å². The largest absolute Gasteiger partial charge is 0.492 e. The van der Waals surface area contributed by atoms with Gasteiger partial charge in [-0.2, -0.15) is 8.42 Å². The Labute approximate surface area is 192 Å². The minimum atomic E-state index is -4.48. The van der Waals surface area contributed by atoms with Gasteiger partial charge in [0, 0.05) is 24.7 Å². The predicted octanol–water partition coefficient (Wildman–Crippen LogP) is 3.17. The molecular weight excluding hydrogens is 460 g/mol. The highest BCUT2D eigenvalue weighted by atomic mass is 35.5. The van der Waals surface area contributed by atoms with Crippen LogP contribution in [0.5, 0.6) is 11.5 Å². The van der Waals surface area contributed by atoms with Crippen LogP contribution in [0, 0.1) is 22.4 Å². The lowest BCUT2D eigenvalue weighted by atomic mass is 9.88. The van der Waals surface area contributed by atoms with Crippen LogP contribution in [-0.4, -0.2) is 44.4 Å². The van der Waals surface area contributed by atoms with E-state index in [1.807, 2.05) is 6.07 Å². The van der Waals surface area contributed by atoms with Crippen molar-refractivity contribution in [1.29, 1.82) is 5.41 Å². The van der Waals surface area contributed by atoms with E-state index in [0.717, 1.165) is 23.3 Å². The van der Waals surface area contributed by atoms with E-state index >= 15 is 0 Å². The number of nitrogens with zero attached hydrogens (tertiary/aromatic N) is 2. The van der Waals surface area contributed by atoms with Gasteiger partial charge in [0.25, 0.3) is 5.69 Å². The fourth-order valence-corrected chi connectivity index (χ4v) is 4.86. The molecular formula is C20H25ClN4O6S. The van der Waals surface area contributed by atoms with E-state index < -0.39 is 25.6 Å². The highest BCUT2D eigenvalue weighted by molar-refractivity contribution is 7.87. The second-order valence-electron chi connectivity index (χ2n) is 7.29. The molecule has 3 rings (SSSR count). The Kier molecular flexibility index (Phi) is 7.92. The maximum absolute atomic E-state index is 12.9. The zero-order chi connectivity index (χ0) is 22.8.